The Morgan fingerprint density at radius 3 is 3.12 bits per heavy atom. The van der Waals surface area contributed by atoms with Crippen LogP contribution in [0.15, 0.2) is 36.1 Å². The molecule has 0 aromatic heterocycles. The molecular formula is C12H14O4. The maximum Gasteiger partial charge on any atom is 0.328 e. The largest absolute Gasteiger partial charge is 0.478 e. The number of aliphatic carboxylic acids is 1. The molecule has 1 aliphatic heterocycles. The molecule has 0 aromatic carbocycles. The van der Waals surface area contributed by atoms with Crippen molar-refractivity contribution in [3.8, 4) is 0 Å². The minimum Gasteiger partial charge on any atom is -0.478 e. The van der Waals surface area contributed by atoms with Gasteiger partial charge in [0.2, 0.25) is 0 Å². The van der Waals surface area contributed by atoms with Crippen LogP contribution >= 0.6 is 0 Å². The van der Waals surface area contributed by atoms with Crippen molar-refractivity contribution in [1.82, 2.24) is 0 Å². The van der Waals surface area contributed by atoms with E-state index in [2.05, 4.69) is 0 Å². The number of fused-ring (bicyclic) bond motifs is 1. The molecule has 0 unspecified atom stereocenters. The first kappa shape index (κ1) is 11.0. The molecule has 1 heterocycles. The number of carboxylic acid groups (broad SMARTS) is 1. The lowest BCUT2D eigenvalue weighted by Gasteiger charge is -2.18. The third-order valence-electron chi connectivity index (χ3n) is 2.66. The molecule has 16 heavy (non-hydrogen) atoms. The molecule has 0 bridgehead atoms. The fourth-order valence-electron chi connectivity index (χ4n) is 1.87. The summed E-state index contributed by atoms with van der Waals surface area (Å²) in [6, 6.07) is 0. The minimum atomic E-state index is -0.931. The molecule has 1 saturated heterocycles. The summed E-state index contributed by atoms with van der Waals surface area (Å²) in [6.07, 6.45) is 10.5. The first-order chi connectivity index (χ1) is 7.75. The van der Waals surface area contributed by atoms with Crippen molar-refractivity contribution in [2.75, 3.05) is 6.79 Å². The van der Waals surface area contributed by atoms with Crippen molar-refractivity contribution in [2.45, 2.75) is 18.9 Å². The van der Waals surface area contributed by atoms with E-state index in [4.69, 9.17) is 14.6 Å². The van der Waals surface area contributed by atoms with Crippen LogP contribution in [-0.4, -0.2) is 24.0 Å². The maximum atomic E-state index is 10.2. The zero-order chi connectivity index (χ0) is 11.4. The average Bonchev–Trinajstić information content (AvgIpc) is 2.71. The number of carboxylic acids is 1. The van der Waals surface area contributed by atoms with E-state index in [0.29, 0.717) is 12.7 Å². The molecule has 0 saturated carbocycles. The Morgan fingerprint density at radius 2 is 2.31 bits per heavy atom. The van der Waals surface area contributed by atoms with Crippen LogP contribution in [0.2, 0.25) is 0 Å². The Bertz CT molecular complexity index is 354. The van der Waals surface area contributed by atoms with Crippen molar-refractivity contribution in [2.24, 2.45) is 5.92 Å². The molecule has 4 nitrogen and oxygen atoms in total. The number of rotatable bonds is 3. The number of allylic oxidation sites excluding steroid dienone is 4. The van der Waals surface area contributed by atoms with Crippen LogP contribution in [0.5, 0.6) is 0 Å². The normalized spacial score (nSPS) is 29.1. The minimum absolute atomic E-state index is 0.138. The first-order valence-corrected chi connectivity index (χ1v) is 5.29. The van der Waals surface area contributed by atoms with Gasteiger partial charge in [-0.1, -0.05) is 18.2 Å². The predicted octanol–water partition coefficient (Wildman–Crippen LogP) is 1.85. The molecule has 1 aliphatic carbocycles. The lowest BCUT2D eigenvalue weighted by Crippen LogP contribution is -2.15. The molecule has 4 heteroatoms. The van der Waals surface area contributed by atoms with Crippen molar-refractivity contribution < 1.29 is 19.4 Å². The smallest absolute Gasteiger partial charge is 0.328 e. The molecular weight excluding hydrogens is 208 g/mol. The second kappa shape index (κ2) is 4.99. The number of hydrogen-bond acceptors (Lipinski definition) is 3. The van der Waals surface area contributed by atoms with Crippen LogP contribution in [0.25, 0.3) is 0 Å². The van der Waals surface area contributed by atoms with Gasteiger partial charge >= 0.3 is 5.97 Å². The molecule has 1 fully saturated rings. The van der Waals surface area contributed by atoms with E-state index in [-0.39, 0.29) is 6.10 Å². The van der Waals surface area contributed by atoms with Gasteiger partial charge in [0, 0.05) is 6.08 Å². The number of ether oxygens (including phenoxy) is 2. The molecule has 2 atom stereocenters. The Hall–Kier alpha value is -1.55. The standard InChI is InChI=1S/C12H14O4/c13-12(14)4-2-1-3-9-5-6-10-11(7-9)16-8-15-10/h1-4,7,9-10H,5-6,8H2,(H,13,14)/b3-1+,4-2+/t9-,10-/m0/s1. The maximum absolute atomic E-state index is 10.2. The summed E-state index contributed by atoms with van der Waals surface area (Å²) in [6.45, 7) is 0.353. The zero-order valence-corrected chi connectivity index (χ0v) is 8.83. The summed E-state index contributed by atoms with van der Waals surface area (Å²) >= 11 is 0. The van der Waals surface area contributed by atoms with Gasteiger partial charge in [0.15, 0.2) is 6.79 Å². The van der Waals surface area contributed by atoms with Gasteiger partial charge in [0.25, 0.3) is 0 Å². The van der Waals surface area contributed by atoms with Crippen molar-refractivity contribution in [1.29, 1.82) is 0 Å². The first-order valence-electron chi connectivity index (χ1n) is 5.29. The second-order valence-corrected chi connectivity index (χ2v) is 3.81. The summed E-state index contributed by atoms with van der Waals surface area (Å²) in [5.41, 5.74) is 0. The van der Waals surface area contributed by atoms with Crippen LogP contribution in [0.4, 0.5) is 0 Å². The molecule has 1 N–H and O–H groups in total. The van der Waals surface area contributed by atoms with Gasteiger partial charge in [0.05, 0.1) is 0 Å². The van der Waals surface area contributed by atoms with E-state index >= 15 is 0 Å². The quantitative estimate of drug-likeness (QED) is 0.585. The van der Waals surface area contributed by atoms with Gasteiger partial charge in [-0.05, 0) is 24.8 Å². The Morgan fingerprint density at radius 1 is 1.44 bits per heavy atom. The SMILES string of the molecule is O=C(O)/C=C/C=C/[C@@H]1C=C2OCO[C@H]2CC1. The monoisotopic (exact) mass is 222 g/mol. The molecule has 86 valence electrons. The van der Waals surface area contributed by atoms with E-state index in [1.807, 2.05) is 12.2 Å². The highest BCUT2D eigenvalue weighted by molar-refractivity contribution is 5.80. The van der Waals surface area contributed by atoms with Gasteiger partial charge in [0.1, 0.15) is 11.9 Å². The third kappa shape index (κ3) is 2.73. The summed E-state index contributed by atoms with van der Waals surface area (Å²) in [5.74, 6) is 0.300. The zero-order valence-electron chi connectivity index (χ0n) is 8.83. The lowest BCUT2D eigenvalue weighted by atomic mass is 9.92. The molecule has 2 aliphatic rings. The third-order valence-corrected chi connectivity index (χ3v) is 2.66. The summed E-state index contributed by atoms with van der Waals surface area (Å²) in [7, 11) is 0. The van der Waals surface area contributed by atoms with Gasteiger partial charge in [-0.15, -0.1) is 0 Å². The van der Waals surface area contributed by atoms with Crippen LogP contribution < -0.4 is 0 Å². The highest BCUT2D eigenvalue weighted by atomic mass is 16.7. The van der Waals surface area contributed by atoms with E-state index in [1.165, 1.54) is 6.08 Å². The fourth-order valence-corrected chi connectivity index (χ4v) is 1.87. The molecule has 0 amide bonds. The summed E-state index contributed by atoms with van der Waals surface area (Å²) in [4.78, 5) is 10.2. The van der Waals surface area contributed by atoms with E-state index in [1.54, 1.807) is 6.08 Å². The van der Waals surface area contributed by atoms with E-state index < -0.39 is 5.97 Å². The molecule has 0 aromatic rings. The lowest BCUT2D eigenvalue weighted by molar-refractivity contribution is -0.131. The second-order valence-electron chi connectivity index (χ2n) is 3.81. The Labute approximate surface area is 93.9 Å². The van der Waals surface area contributed by atoms with Gasteiger partial charge in [-0.25, -0.2) is 4.79 Å². The average molecular weight is 222 g/mol. The Balaban J connectivity index is 1.91. The topological polar surface area (TPSA) is 55.8 Å². The summed E-state index contributed by atoms with van der Waals surface area (Å²) < 4.78 is 10.7. The van der Waals surface area contributed by atoms with Crippen LogP contribution in [-0.2, 0) is 14.3 Å². The molecule has 0 spiro atoms. The number of carbonyl (C=O) groups is 1. The van der Waals surface area contributed by atoms with Crippen molar-refractivity contribution in [3.63, 3.8) is 0 Å². The molecule has 2 rings (SSSR count). The predicted molar refractivity (Wildman–Crippen MR) is 57.5 cm³/mol. The van der Waals surface area contributed by atoms with Crippen LogP contribution in [0, 0.1) is 5.92 Å². The van der Waals surface area contributed by atoms with E-state index in [9.17, 15) is 4.79 Å². The van der Waals surface area contributed by atoms with Crippen molar-refractivity contribution in [3.05, 3.63) is 36.1 Å². The van der Waals surface area contributed by atoms with Crippen molar-refractivity contribution >= 4 is 5.97 Å². The van der Waals surface area contributed by atoms with Gasteiger partial charge < -0.3 is 14.6 Å². The van der Waals surface area contributed by atoms with Crippen LogP contribution in [0.3, 0.4) is 0 Å². The Kier molecular flexibility index (Phi) is 3.41. The van der Waals surface area contributed by atoms with Gasteiger partial charge in [-0.3, -0.25) is 0 Å². The van der Waals surface area contributed by atoms with Crippen LogP contribution in [0.1, 0.15) is 12.8 Å². The highest BCUT2D eigenvalue weighted by Gasteiger charge is 2.28. The summed E-state index contributed by atoms with van der Waals surface area (Å²) in [5, 5.41) is 8.40. The fraction of sp³-hybridized carbons (Fsp3) is 0.417. The number of hydrogen-bond donors (Lipinski definition) is 1. The van der Waals surface area contributed by atoms with E-state index in [0.717, 1.165) is 24.7 Å². The molecule has 0 radical (unpaired) electrons. The highest BCUT2D eigenvalue weighted by Crippen LogP contribution is 2.30. The van der Waals surface area contributed by atoms with Gasteiger partial charge in [-0.2, -0.15) is 0 Å².